The highest BCUT2D eigenvalue weighted by molar-refractivity contribution is 7.89. The fraction of sp³-hybridized carbons (Fsp3) is 0.304. The molecule has 1 aliphatic heterocycles. The number of benzene rings is 2. The standard InChI is InChI=1S/C23H25N3O5S2/c1-30-18-7-5-16(6-8-18)21-15-32-23(24-21)25-22(27)17-4-3-13-26(14-17)33(28,29)20-11-9-19(31-2)10-12-20/h5-12,15,17H,3-4,13-14H2,1-2H3,(H,24,25,27)/t17-/m1/s1. The van der Waals surface area contributed by atoms with Crippen molar-refractivity contribution < 1.29 is 22.7 Å². The molecule has 1 fully saturated rings. The zero-order valence-corrected chi connectivity index (χ0v) is 20.0. The average molecular weight is 488 g/mol. The number of nitrogens with one attached hydrogen (secondary N) is 1. The van der Waals surface area contributed by atoms with E-state index < -0.39 is 15.9 Å². The smallest absolute Gasteiger partial charge is 0.243 e. The lowest BCUT2D eigenvalue weighted by Crippen LogP contribution is -2.43. The van der Waals surface area contributed by atoms with Gasteiger partial charge in [-0.05, 0) is 61.4 Å². The van der Waals surface area contributed by atoms with E-state index in [1.807, 2.05) is 29.6 Å². The molecule has 10 heteroatoms. The molecular weight excluding hydrogens is 462 g/mol. The minimum atomic E-state index is -3.69. The van der Waals surface area contributed by atoms with E-state index in [1.54, 1.807) is 19.2 Å². The third-order valence-corrected chi connectivity index (χ3v) is 8.21. The first-order valence-electron chi connectivity index (χ1n) is 10.5. The number of anilines is 1. The van der Waals surface area contributed by atoms with Crippen molar-refractivity contribution in [2.75, 3.05) is 32.6 Å². The Bertz CT molecular complexity index is 1210. The number of thiazole rings is 1. The van der Waals surface area contributed by atoms with Gasteiger partial charge in [-0.3, -0.25) is 4.79 Å². The van der Waals surface area contributed by atoms with Gasteiger partial charge in [-0.2, -0.15) is 4.31 Å². The Morgan fingerprint density at radius 1 is 1.06 bits per heavy atom. The van der Waals surface area contributed by atoms with Crippen LogP contribution in [0.25, 0.3) is 11.3 Å². The van der Waals surface area contributed by atoms with E-state index >= 15 is 0 Å². The number of carbonyl (C=O) groups excluding carboxylic acids is 1. The topological polar surface area (TPSA) is 97.8 Å². The van der Waals surface area contributed by atoms with Crippen LogP contribution in [0.1, 0.15) is 12.8 Å². The maximum absolute atomic E-state index is 13.1. The molecule has 0 saturated carbocycles. The van der Waals surface area contributed by atoms with Crippen LogP contribution in [-0.4, -0.2) is 50.9 Å². The molecule has 1 aliphatic rings. The summed E-state index contributed by atoms with van der Waals surface area (Å²) in [6.45, 7) is 0.522. The summed E-state index contributed by atoms with van der Waals surface area (Å²) in [7, 11) is -0.551. The predicted molar refractivity (Wildman–Crippen MR) is 127 cm³/mol. The molecule has 1 saturated heterocycles. The van der Waals surface area contributed by atoms with Gasteiger partial charge in [0.05, 0.1) is 30.7 Å². The molecule has 1 amide bonds. The Morgan fingerprint density at radius 3 is 2.33 bits per heavy atom. The van der Waals surface area contributed by atoms with Crippen molar-refractivity contribution in [3.63, 3.8) is 0 Å². The van der Waals surface area contributed by atoms with Crippen molar-refractivity contribution in [1.29, 1.82) is 0 Å². The first-order chi connectivity index (χ1) is 15.9. The highest BCUT2D eigenvalue weighted by atomic mass is 32.2. The Hall–Kier alpha value is -2.95. The van der Waals surface area contributed by atoms with Gasteiger partial charge in [0.15, 0.2) is 5.13 Å². The minimum absolute atomic E-state index is 0.136. The predicted octanol–water partition coefficient (Wildman–Crippen LogP) is 3.87. The van der Waals surface area contributed by atoms with Crippen molar-refractivity contribution in [3.8, 4) is 22.8 Å². The third-order valence-electron chi connectivity index (χ3n) is 5.57. The number of rotatable bonds is 7. The van der Waals surface area contributed by atoms with E-state index in [2.05, 4.69) is 10.3 Å². The monoisotopic (exact) mass is 487 g/mol. The van der Waals surface area contributed by atoms with E-state index in [4.69, 9.17) is 9.47 Å². The lowest BCUT2D eigenvalue weighted by atomic mass is 9.99. The van der Waals surface area contributed by atoms with Gasteiger partial charge in [0.1, 0.15) is 11.5 Å². The molecule has 1 N–H and O–H groups in total. The second-order valence-corrected chi connectivity index (χ2v) is 10.4. The Labute approximate surface area is 197 Å². The summed E-state index contributed by atoms with van der Waals surface area (Å²) in [5, 5.41) is 5.22. The van der Waals surface area contributed by atoms with Crippen LogP contribution in [0, 0.1) is 5.92 Å². The summed E-state index contributed by atoms with van der Waals surface area (Å²) in [4.78, 5) is 17.6. The van der Waals surface area contributed by atoms with Gasteiger partial charge < -0.3 is 14.8 Å². The molecule has 8 nitrogen and oxygen atoms in total. The molecular formula is C23H25N3O5S2. The van der Waals surface area contributed by atoms with Gasteiger partial charge in [-0.1, -0.05) is 0 Å². The average Bonchev–Trinajstić information content (AvgIpc) is 3.32. The number of nitrogens with zero attached hydrogens (tertiary/aromatic N) is 2. The number of amides is 1. The molecule has 3 aromatic rings. The van der Waals surface area contributed by atoms with Crippen LogP contribution in [0.4, 0.5) is 5.13 Å². The molecule has 0 unspecified atom stereocenters. The van der Waals surface area contributed by atoms with Crippen molar-refractivity contribution in [3.05, 3.63) is 53.9 Å². The van der Waals surface area contributed by atoms with Gasteiger partial charge in [-0.15, -0.1) is 11.3 Å². The largest absolute Gasteiger partial charge is 0.497 e. The van der Waals surface area contributed by atoms with Crippen molar-refractivity contribution in [2.45, 2.75) is 17.7 Å². The molecule has 0 spiro atoms. The molecule has 1 atom stereocenters. The van der Waals surface area contributed by atoms with E-state index in [1.165, 1.54) is 34.9 Å². The molecule has 2 aromatic carbocycles. The molecule has 4 rings (SSSR count). The van der Waals surface area contributed by atoms with Gasteiger partial charge in [0.25, 0.3) is 0 Å². The number of methoxy groups -OCH3 is 2. The van der Waals surface area contributed by atoms with Crippen molar-refractivity contribution >= 4 is 32.4 Å². The van der Waals surface area contributed by atoms with E-state index in [0.717, 1.165) is 17.0 Å². The number of piperidine rings is 1. The van der Waals surface area contributed by atoms with Gasteiger partial charge in [0.2, 0.25) is 15.9 Å². The zero-order valence-electron chi connectivity index (χ0n) is 18.4. The second kappa shape index (κ2) is 9.90. The Balaban J connectivity index is 1.42. The molecule has 2 heterocycles. The van der Waals surface area contributed by atoms with E-state index in [-0.39, 0.29) is 17.3 Å². The molecule has 0 radical (unpaired) electrons. The first kappa shape index (κ1) is 23.2. The number of hydrogen-bond donors (Lipinski definition) is 1. The summed E-state index contributed by atoms with van der Waals surface area (Å²) >= 11 is 1.34. The highest BCUT2D eigenvalue weighted by Crippen LogP contribution is 2.29. The van der Waals surface area contributed by atoms with Crippen LogP contribution in [0.3, 0.4) is 0 Å². The maximum Gasteiger partial charge on any atom is 0.243 e. The zero-order chi connectivity index (χ0) is 23.4. The Kier molecular flexibility index (Phi) is 6.96. The second-order valence-electron chi connectivity index (χ2n) is 7.63. The molecule has 0 aliphatic carbocycles. The third kappa shape index (κ3) is 5.18. The van der Waals surface area contributed by atoms with Crippen LogP contribution in [0.2, 0.25) is 0 Å². The first-order valence-corrected chi connectivity index (χ1v) is 12.8. The van der Waals surface area contributed by atoms with Gasteiger partial charge in [-0.25, -0.2) is 13.4 Å². The lowest BCUT2D eigenvalue weighted by molar-refractivity contribution is -0.120. The fourth-order valence-electron chi connectivity index (χ4n) is 3.70. The van der Waals surface area contributed by atoms with E-state index in [9.17, 15) is 13.2 Å². The van der Waals surface area contributed by atoms with Crippen LogP contribution in [0.15, 0.2) is 58.8 Å². The fourth-order valence-corrected chi connectivity index (χ4v) is 5.95. The highest BCUT2D eigenvalue weighted by Gasteiger charge is 2.33. The van der Waals surface area contributed by atoms with Crippen LogP contribution < -0.4 is 14.8 Å². The molecule has 0 bridgehead atoms. The summed E-state index contributed by atoms with van der Waals surface area (Å²) in [6.07, 6.45) is 1.24. The number of carbonyl (C=O) groups is 1. The summed E-state index contributed by atoms with van der Waals surface area (Å²) in [6, 6.07) is 13.8. The van der Waals surface area contributed by atoms with Crippen LogP contribution in [0.5, 0.6) is 11.5 Å². The Morgan fingerprint density at radius 2 is 1.70 bits per heavy atom. The van der Waals surface area contributed by atoms with Gasteiger partial charge >= 0.3 is 0 Å². The quantitative estimate of drug-likeness (QED) is 0.543. The number of hydrogen-bond acceptors (Lipinski definition) is 7. The summed E-state index contributed by atoms with van der Waals surface area (Å²) in [5.41, 5.74) is 1.67. The lowest BCUT2D eigenvalue weighted by Gasteiger charge is -2.31. The summed E-state index contributed by atoms with van der Waals surface area (Å²) in [5.74, 6) is 0.677. The molecule has 1 aromatic heterocycles. The normalized spacial score (nSPS) is 16.8. The van der Waals surface area contributed by atoms with Crippen LogP contribution in [-0.2, 0) is 14.8 Å². The molecule has 174 valence electrons. The van der Waals surface area contributed by atoms with E-state index in [0.29, 0.717) is 30.3 Å². The summed E-state index contributed by atoms with van der Waals surface area (Å²) < 4.78 is 37.8. The SMILES string of the molecule is COc1ccc(-c2csc(NC(=O)[C@@H]3CCCN(S(=O)(=O)c4ccc(OC)cc4)C3)n2)cc1. The van der Waals surface area contributed by atoms with Crippen molar-refractivity contribution in [1.82, 2.24) is 9.29 Å². The minimum Gasteiger partial charge on any atom is -0.497 e. The molecule has 33 heavy (non-hydrogen) atoms. The number of aromatic nitrogens is 1. The number of ether oxygens (including phenoxy) is 2. The number of sulfonamides is 1. The van der Waals surface area contributed by atoms with Crippen LogP contribution >= 0.6 is 11.3 Å². The van der Waals surface area contributed by atoms with Crippen molar-refractivity contribution in [2.24, 2.45) is 5.92 Å². The maximum atomic E-state index is 13.1. The van der Waals surface area contributed by atoms with Gasteiger partial charge in [0, 0.05) is 24.0 Å².